The van der Waals surface area contributed by atoms with E-state index >= 15 is 0 Å². The van der Waals surface area contributed by atoms with Crippen LogP contribution in [0.1, 0.15) is 30.4 Å². The van der Waals surface area contributed by atoms with Gasteiger partial charge in [0.05, 0.1) is 6.67 Å². The molecule has 4 rings (SSSR count). The van der Waals surface area contributed by atoms with E-state index in [1.807, 2.05) is 18.2 Å². The lowest BCUT2D eigenvalue weighted by Gasteiger charge is -2.24. The summed E-state index contributed by atoms with van der Waals surface area (Å²) in [4.78, 5) is 28.6. The minimum atomic E-state index is -1.41. The third-order valence-electron chi connectivity index (χ3n) is 5.66. The zero-order chi connectivity index (χ0) is 19.9. The molecule has 28 heavy (non-hydrogen) atoms. The van der Waals surface area contributed by atoms with Gasteiger partial charge in [0.2, 0.25) is 0 Å². The molecule has 1 N–H and O–H groups in total. The fraction of sp³-hybridized carbons (Fsp3) is 0.333. The number of urea groups is 1. The van der Waals surface area contributed by atoms with Crippen LogP contribution in [0.15, 0.2) is 48.5 Å². The second-order valence-electron chi connectivity index (χ2n) is 7.53. The van der Waals surface area contributed by atoms with Gasteiger partial charge in [-0.25, -0.2) is 18.5 Å². The molecule has 2 heterocycles. The molecule has 0 saturated carbocycles. The monoisotopic (exact) mass is 385 g/mol. The smallest absolute Gasteiger partial charge is 0.319 e. The molecule has 0 bridgehead atoms. The highest BCUT2D eigenvalue weighted by Gasteiger charge is 2.49. The first kappa shape index (κ1) is 18.6. The fourth-order valence-electron chi connectivity index (χ4n) is 3.99. The van der Waals surface area contributed by atoms with Crippen LogP contribution < -0.4 is 5.32 Å². The number of rotatable bonds is 4. The van der Waals surface area contributed by atoms with Gasteiger partial charge in [-0.2, -0.15) is 0 Å². The Labute approximate surface area is 161 Å². The van der Waals surface area contributed by atoms with E-state index in [2.05, 4.69) is 22.3 Å². The van der Waals surface area contributed by atoms with Gasteiger partial charge in [-0.15, -0.1) is 0 Å². The molecule has 0 spiro atoms. The summed E-state index contributed by atoms with van der Waals surface area (Å²) in [6, 6.07) is 12.9. The highest BCUT2D eigenvalue weighted by Crippen LogP contribution is 2.32. The maximum Gasteiger partial charge on any atom is 0.326 e. The summed E-state index contributed by atoms with van der Waals surface area (Å²) in [6.45, 7) is 3.21. The van der Waals surface area contributed by atoms with E-state index < -0.39 is 29.1 Å². The van der Waals surface area contributed by atoms with Gasteiger partial charge in [0, 0.05) is 13.1 Å². The van der Waals surface area contributed by atoms with Crippen LogP contribution in [-0.4, -0.2) is 41.5 Å². The molecule has 0 radical (unpaired) electrons. The van der Waals surface area contributed by atoms with Crippen LogP contribution in [0.5, 0.6) is 0 Å². The van der Waals surface area contributed by atoms with Crippen molar-refractivity contribution in [2.75, 3.05) is 19.8 Å². The van der Waals surface area contributed by atoms with Crippen molar-refractivity contribution in [3.05, 3.63) is 71.3 Å². The molecule has 0 unspecified atom stereocenters. The lowest BCUT2D eigenvalue weighted by Crippen LogP contribution is -2.43. The van der Waals surface area contributed by atoms with E-state index in [0.717, 1.165) is 36.5 Å². The van der Waals surface area contributed by atoms with Crippen LogP contribution in [0.2, 0.25) is 0 Å². The van der Waals surface area contributed by atoms with Crippen LogP contribution in [0.3, 0.4) is 0 Å². The molecular formula is C21H21F2N3O2. The molecule has 0 aliphatic carbocycles. The largest absolute Gasteiger partial charge is 0.326 e. The molecule has 2 aromatic rings. The number of benzene rings is 2. The Balaban J connectivity index is 1.48. The van der Waals surface area contributed by atoms with Crippen LogP contribution in [0.25, 0.3) is 0 Å². The average molecular weight is 385 g/mol. The van der Waals surface area contributed by atoms with Gasteiger partial charge in [-0.1, -0.05) is 36.4 Å². The highest BCUT2D eigenvalue weighted by atomic mass is 19.2. The topological polar surface area (TPSA) is 52.7 Å². The molecule has 7 heteroatoms. The SMILES string of the molecule is C[C@]1(c2ccc(F)c(F)c2)NC(=O)N(CN2CC[C@H](c3ccccc3)C2)C1=O. The molecular weight excluding hydrogens is 364 g/mol. The summed E-state index contributed by atoms with van der Waals surface area (Å²) in [5.74, 6) is -2.15. The van der Waals surface area contributed by atoms with Crippen LogP contribution in [0.4, 0.5) is 13.6 Å². The summed E-state index contributed by atoms with van der Waals surface area (Å²) < 4.78 is 26.9. The van der Waals surface area contributed by atoms with Gasteiger partial charge in [0.25, 0.3) is 5.91 Å². The van der Waals surface area contributed by atoms with Crippen LogP contribution in [0, 0.1) is 11.6 Å². The number of amides is 3. The van der Waals surface area contributed by atoms with E-state index in [0.29, 0.717) is 5.92 Å². The number of carbonyl (C=O) groups excluding carboxylic acids is 2. The minimum Gasteiger partial charge on any atom is -0.319 e. The summed E-state index contributed by atoms with van der Waals surface area (Å²) in [5, 5.41) is 2.63. The summed E-state index contributed by atoms with van der Waals surface area (Å²) >= 11 is 0. The van der Waals surface area contributed by atoms with Crippen LogP contribution in [-0.2, 0) is 10.3 Å². The first-order chi connectivity index (χ1) is 13.4. The molecule has 2 atom stereocenters. The minimum absolute atomic E-state index is 0.174. The third kappa shape index (κ3) is 3.16. The Morgan fingerprint density at radius 2 is 1.86 bits per heavy atom. The van der Waals surface area contributed by atoms with Crippen molar-refractivity contribution in [1.29, 1.82) is 0 Å². The molecule has 2 fully saturated rings. The van der Waals surface area contributed by atoms with E-state index in [4.69, 9.17) is 0 Å². The Morgan fingerprint density at radius 1 is 1.11 bits per heavy atom. The average Bonchev–Trinajstić information content (AvgIpc) is 3.24. The van der Waals surface area contributed by atoms with Gasteiger partial charge in [-0.3, -0.25) is 9.69 Å². The first-order valence-corrected chi connectivity index (χ1v) is 9.25. The predicted octanol–water partition coefficient (Wildman–Crippen LogP) is 3.18. The summed E-state index contributed by atoms with van der Waals surface area (Å²) in [5.41, 5.74) is 0.0501. The number of carbonyl (C=O) groups is 2. The summed E-state index contributed by atoms with van der Waals surface area (Å²) in [7, 11) is 0. The van der Waals surface area contributed by atoms with Crippen molar-refractivity contribution in [3.8, 4) is 0 Å². The Hall–Kier alpha value is -2.80. The Bertz CT molecular complexity index is 921. The maximum atomic E-state index is 13.6. The maximum absolute atomic E-state index is 13.6. The number of likely N-dealkylation sites (tertiary alicyclic amines) is 1. The zero-order valence-corrected chi connectivity index (χ0v) is 15.5. The number of halogens is 2. The van der Waals surface area contributed by atoms with Crippen molar-refractivity contribution < 1.29 is 18.4 Å². The zero-order valence-electron chi connectivity index (χ0n) is 15.5. The van der Waals surface area contributed by atoms with Gasteiger partial charge < -0.3 is 5.32 Å². The Kier molecular flexibility index (Phi) is 4.63. The van der Waals surface area contributed by atoms with Gasteiger partial charge in [-0.05, 0) is 42.5 Å². The quantitative estimate of drug-likeness (QED) is 0.823. The van der Waals surface area contributed by atoms with Gasteiger partial charge in [0.1, 0.15) is 5.54 Å². The molecule has 146 valence electrons. The van der Waals surface area contributed by atoms with E-state index in [9.17, 15) is 18.4 Å². The predicted molar refractivity (Wildman–Crippen MR) is 99.3 cm³/mol. The number of nitrogens with one attached hydrogen (secondary N) is 1. The summed E-state index contributed by atoms with van der Waals surface area (Å²) in [6.07, 6.45) is 0.952. The van der Waals surface area contributed by atoms with Crippen LogP contribution >= 0.6 is 0 Å². The molecule has 2 aromatic carbocycles. The van der Waals surface area contributed by atoms with E-state index in [-0.39, 0.29) is 12.2 Å². The van der Waals surface area contributed by atoms with E-state index in [1.54, 1.807) is 0 Å². The van der Waals surface area contributed by atoms with E-state index in [1.165, 1.54) is 18.6 Å². The second kappa shape index (κ2) is 6.98. The van der Waals surface area contributed by atoms with Crippen molar-refractivity contribution in [2.45, 2.75) is 24.8 Å². The van der Waals surface area contributed by atoms with Gasteiger partial charge >= 0.3 is 6.03 Å². The number of hydrogen-bond acceptors (Lipinski definition) is 3. The number of imide groups is 1. The molecule has 0 aromatic heterocycles. The third-order valence-corrected chi connectivity index (χ3v) is 5.66. The molecule has 2 aliphatic rings. The molecule has 5 nitrogen and oxygen atoms in total. The standard InChI is InChI=1S/C21H21F2N3O2/c1-21(16-7-8-17(22)18(23)11-16)19(27)26(20(28)24-21)13-25-10-9-15(12-25)14-5-3-2-4-6-14/h2-8,11,15H,9-10,12-13H2,1H3,(H,24,28)/t15-,21+/m0/s1. The molecule has 2 saturated heterocycles. The van der Waals surface area contributed by atoms with Crippen molar-refractivity contribution in [2.24, 2.45) is 0 Å². The number of hydrogen-bond donors (Lipinski definition) is 1. The molecule has 2 aliphatic heterocycles. The fourth-order valence-corrected chi connectivity index (χ4v) is 3.99. The Morgan fingerprint density at radius 3 is 2.57 bits per heavy atom. The second-order valence-corrected chi connectivity index (χ2v) is 7.53. The number of nitrogens with zero attached hydrogens (tertiary/aromatic N) is 2. The molecule has 3 amide bonds. The van der Waals surface area contributed by atoms with Crippen molar-refractivity contribution in [1.82, 2.24) is 15.1 Å². The first-order valence-electron chi connectivity index (χ1n) is 9.25. The van der Waals surface area contributed by atoms with Crippen molar-refractivity contribution >= 4 is 11.9 Å². The highest BCUT2D eigenvalue weighted by molar-refractivity contribution is 6.07. The lowest BCUT2D eigenvalue weighted by atomic mass is 9.92. The lowest BCUT2D eigenvalue weighted by molar-refractivity contribution is -0.132. The normalized spacial score (nSPS) is 25.4. The van der Waals surface area contributed by atoms with Crippen molar-refractivity contribution in [3.63, 3.8) is 0 Å². The van der Waals surface area contributed by atoms with Gasteiger partial charge in [0.15, 0.2) is 11.6 Å².